The highest BCUT2D eigenvalue weighted by atomic mass is 35.5. The standard InChI is InChI=1S/C22H23F2N5O3.2ClH/c1-29(2)8-7-27-20(30)13-9-12(10-14(11-13)21(31)28-22(25)26)17-15-5-3-4-6-16(15)32-18(17)19(23)24;;/h3-6,9-11,19H,7-8H2,1-2H3,(H,27,30)(H4,25,26,28,31);2*1H. The van der Waals surface area contributed by atoms with Crippen molar-refractivity contribution in [3.63, 3.8) is 0 Å². The van der Waals surface area contributed by atoms with Crippen molar-refractivity contribution in [3.8, 4) is 11.1 Å². The summed E-state index contributed by atoms with van der Waals surface area (Å²) in [6.45, 7) is 0.937. The average molecular weight is 516 g/mol. The first-order chi connectivity index (χ1) is 15.2. The van der Waals surface area contributed by atoms with Crippen LogP contribution in [0.15, 0.2) is 46.9 Å². The summed E-state index contributed by atoms with van der Waals surface area (Å²) in [5.74, 6) is -2.36. The van der Waals surface area contributed by atoms with Gasteiger partial charge in [0.05, 0.1) is 0 Å². The molecule has 12 heteroatoms. The molecule has 2 aromatic carbocycles. The fourth-order valence-electron chi connectivity index (χ4n) is 3.24. The van der Waals surface area contributed by atoms with Gasteiger partial charge in [0.2, 0.25) is 0 Å². The molecule has 0 radical (unpaired) electrons. The lowest BCUT2D eigenvalue weighted by Gasteiger charge is -2.13. The molecule has 0 atom stereocenters. The van der Waals surface area contributed by atoms with E-state index < -0.39 is 30.0 Å². The van der Waals surface area contributed by atoms with Gasteiger partial charge < -0.3 is 20.4 Å². The second kappa shape index (κ2) is 12.3. The number of likely N-dealkylation sites (N-methyl/N-ethyl adjacent to an activating group) is 1. The van der Waals surface area contributed by atoms with Crippen LogP contribution in [0.3, 0.4) is 0 Å². The number of carbonyl (C=O) groups is 2. The minimum absolute atomic E-state index is 0. The minimum Gasteiger partial charge on any atom is -0.454 e. The quantitative estimate of drug-likeness (QED) is 0.281. The summed E-state index contributed by atoms with van der Waals surface area (Å²) in [7, 11) is 3.71. The fourth-order valence-corrected chi connectivity index (χ4v) is 3.24. The molecule has 34 heavy (non-hydrogen) atoms. The Bertz CT molecular complexity index is 1180. The van der Waals surface area contributed by atoms with Crippen LogP contribution in [0.5, 0.6) is 0 Å². The molecule has 0 bridgehead atoms. The molecule has 0 aliphatic heterocycles. The zero-order chi connectivity index (χ0) is 23.4. The molecule has 0 saturated carbocycles. The number of carbonyl (C=O) groups excluding carboxylic acids is 2. The second-order valence-corrected chi connectivity index (χ2v) is 7.36. The molecule has 1 heterocycles. The molecule has 2 amide bonds. The molecule has 0 spiro atoms. The average Bonchev–Trinajstić information content (AvgIpc) is 3.12. The number of amides is 2. The SMILES string of the molecule is CN(C)CCNC(=O)c1cc(C(=O)NC(=N)N)cc(-c2c(C(F)F)oc3ccccc23)c1.Cl.Cl. The number of rotatable bonds is 7. The van der Waals surface area contributed by atoms with Gasteiger partial charge >= 0.3 is 0 Å². The Hall–Kier alpha value is -3.21. The molecular weight excluding hydrogens is 491 g/mol. The number of furan rings is 1. The molecule has 8 nitrogen and oxygen atoms in total. The summed E-state index contributed by atoms with van der Waals surface area (Å²) < 4.78 is 32.9. The van der Waals surface area contributed by atoms with E-state index >= 15 is 0 Å². The number of guanidine groups is 1. The Morgan fingerprint density at radius 2 is 1.71 bits per heavy atom. The topological polar surface area (TPSA) is 124 Å². The first-order valence-corrected chi connectivity index (χ1v) is 9.70. The van der Waals surface area contributed by atoms with E-state index in [1.165, 1.54) is 18.2 Å². The number of fused-ring (bicyclic) bond motifs is 1. The van der Waals surface area contributed by atoms with Gasteiger partial charge in [-0.1, -0.05) is 18.2 Å². The molecule has 0 fully saturated rings. The predicted octanol–water partition coefficient (Wildman–Crippen LogP) is 3.80. The van der Waals surface area contributed by atoms with Crippen molar-refractivity contribution in [2.45, 2.75) is 6.43 Å². The van der Waals surface area contributed by atoms with Gasteiger partial charge in [0.25, 0.3) is 18.2 Å². The lowest BCUT2D eigenvalue weighted by atomic mass is 9.96. The van der Waals surface area contributed by atoms with Crippen molar-refractivity contribution in [3.05, 3.63) is 59.4 Å². The lowest BCUT2D eigenvalue weighted by Crippen LogP contribution is -2.36. The number of nitrogens with two attached hydrogens (primary N) is 1. The van der Waals surface area contributed by atoms with E-state index in [1.54, 1.807) is 24.3 Å². The van der Waals surface area contributed by atoms with Gasteiger partial charge in [-0.05, 0) is 43.9 Å². The number of nitrogens with zero attached hydrogens (tertiary/aromatic N) is 1. The third-order valence-electron chi connectivity index (χ3n) is 4.66. The molecule has 3 rings (SSSR count). The second-order valence-electron chi connectivity index (χ2n) is 7.36. The zero-order valence-corrected chi connectivity index (χ0v) is 20.0. The number of hydrogen-bond donors (Lipinski definition) is 4. The van der Waals surface area contributed by atoms with Crippen LogP contribution in [0.25, 0.3) is 22.1 Å². The Morgan fingerprint density at radius 3 is 2.29 bits per heavy atom. The highest BCUT2D eigenvalue weighted by molar-refractivity contribution is 6.08. The molecule has 0 saturated heterocycles. The molecule has 1 aromatic heterocycles. The Balaban J connectivity index is 0.00000289. The van der Waals surface area contributed by atoms with E-state index in [2.05, 4.69) is 10.6 Å². The van der Waals surface area contributed by atoms with Crippen LogP contribution in [0.2, 0.25) is 0 Å². The summed E-state index contributed by atoms with van der Waals surface area (Å²) in [6, 6.07) is 10.6. The predicted molar refractivity (Wildman–Crippen MR) is 131 cm³/mol. The summed E-state index contributed by atoms with van der Waals surface area (Å²) >= 11 is 0. The van der Waals surface area contributed by atoms with Crippen LogP contribution < -0.4 is 16.4 Å². The number of para-hydroxylation sites is 1. The van der Waals surface area contributed by atoms with Crippen LogP contribution in [0.4, 0.5) is 8.78 Å². The maximum atomic E-state index is 13.8. The van der Waals surface area contributed by atoms with Crippen molar-refractivity contribution >= 4 is 53.6 Å². The van der Waals surface area contributed by atoms with E-state index in [0.29, 0.717) is 18.5 Å². The van der Waals surface area contributed by atoms with Gasteiger partial charge in [-0.2, -0.15) is 0 Å². The highest BCUT2D eigenvalue weighted by Gasteiger charge is 2.25. The summed E-state index contributed by atoms with van der Waals surface area (Å²) in [5.41, 5.74) is 5.89. The van der Waals surface area contributed by atoms with Crippen molar-refractivity contribution in [1.29, 1.82) is 5.41 Å². The van der Waals surface area contributed by atoms with E-state index in [0.717, 1.165) is 0 Å². The van der Waals surface area contributed by atoms with Gasteiger partial charge in [-0.15, -0.1) is 24.8 Å². The largest absolute Gasteiger partial charge is 0.454 e. The van der Waals surface area contributed by atoms with Crippen LogP contribution in [0.1, 0.15) is 32.9 Å². The maximum absolute atomic E-state index is 13.8. The van der Waals surface area contributed by atoms with Crippen LogP contribution >= 0.6 is 24.8 Å². The third-order valence-corrected chi connectivity index (χ3v) is 4.66. The van der Waals surface area contributed by atoms with Crippen LogP contribution in [-0.4, -0.2) is 49.9 Å². The first kappa shape index (κ1) is 28.8. The van der Waals surface area contributed by atoms with Gasteiger partial charge in [-0.25, -0.2) is 8.78 Å². The molecule has 0 unspecified atom stereocenters. The Morgan fingerprint density at radius 1 is 1.09 bits per heavy atom. The van der Waals surface area contributed by atoms with Crippen molar-refractivity contribution in [1.82, 2.24) is 15.5 Å². The third kappa shape index (κ3) is 6.66. The van der Waals surface area contributed by atoms with Gasteiger partial charge in [0, 0.05) is 35.2 Å². The number of alkyl halides is 2. The number of nitrogens with one attached hydrogen (secondary N) is 3. The van der Waals surface area contributed by atoms with Gasteiger partial charge in [0.1, 0.15) is 5.58 Å². The molecule has 3 aromatic rings. The highest BCUT2D eigenvalue weighted by Crippen LogP contribution is 2.40. The van der Waals surface area contributed by atoms with E-state index in [1.807, 2.05) is 19.0 Å². The summed E-state index contributed by atoms with van der Waals surface area (Å²) in [6.07, 6.45) is -2.91. The summed E-state index contributed by atoms with van der Waals surface area (Å²) in [4.78, 5) is 27.1. The molecular formula is C22H25Cl2F2N5O3. The van der Waals surface area contributed by atoms with Crippen LogP contribution in [0, 0.1) is 5.41 Å². The zero-order valence-electron chi connectivity index (χ0n) is 18.4. The van der Waals surface area contributed by atoms with E-state index in [9.17, 15) is 18.4 Å². The van der Waals surface area contributed by atoms with Crippen molar-refractivity contribution < 1.29 is 22.8 Å². The van der Waals surface area contributed by atoms with Gasteiger partial charge in [0.15, 0.2) is 11.7 Å². The van der Waals surface area contributed by atoms with E-state index in [4.69, 9.17) is 15.6 Å². The Kier molecular flexibility index (Phi) is 10.4. The minimum atomic E-state index is -2.91. The van der Waals surface area contributed by atoms with Gasteiger partial charge in [-0.3, -0.25) is 20.3 Å². The monoisotopic (exact) mass is 515 g/mol. The fraction of sp³-hybridized carbons (Fsp3) is 0.227. The smallest absolute Gasteiger partial charge is 0.296 e. The first-order valence-electron chi connectivity index (χ1n) is 9.70. The lowest BCUT2D eigenvalue weighted by molar-refractivity contribution is 0.0951. The summed E-state index contributed by atoms with van der Waals surface area (Å²) in [5, 5.41) is 12.6. The molecule has 0 aliphatic rings. The maximum Gasteiger partial charge on any atom is 0.296 e. The van der Waals surface area contributed by atoms with E-state index in [-0.39, 0.29) is 52.7 Å². The number of halogens is 4. The number of hydrogen-bond acceptors (Lipinski definition) is 5. The number of benzene rings is 2. The molecule has 5 N–H and O–H groups in total. The molecule has 184 valence electrons. The Labute approximate surface area is 207 Å². The molecule has 0 aliphatic carbocycles. The van der Waals surface area contributed by atoms with Crippen LogP contribution in [-0.2, 0) is 0 Å². The van der Waals surface area contributed by atoms with Crippen molar-refractivity contribution in [2.75, 3.05) is 27.2 Å². The normalized spacial score (nSPS) is 10.5. The van der Waals surface area contributed by atoms with Crippen molar-refractivity contribution in [2.24, 2.45) is 5.73 Å².